The van der Waals surface area contributed by atoms with E-state index in [2.05, 4.69) is 27.2 Å². The number of aryl methyl sites for hydroxylation is 1. The molecule has 0 saturated heterocycles. The van der Waals surface area contributed by atoms with E-state index < -0.39 is 10.8 Å². The Morgan fingerprint density at radius 3 is 2.77 bits per heavy atom. The average molecular weight is 448 g/mol. The van der Waals surface area contributed by atoms with Crippen LogP contribution in [0.4, 0.5) is 11.6 Å². The highest BCUT2D eigenvalue weighted by Gasteiger charge is 2.41. The van der Waals surface area contributed by atoms with Crippen LogP contribution in [0.1, 0.15) is 42.6 Å². The first kappa shape index (κ1) is 20.2. The Hall–Kier alpha value is -1.77. The van der Waals surface area contributed by atoms with Crippen LogP contribution in [0.2, 0.25) is 5.02 Å². The van der Waals surface area contributed by atoms with Gasteiger partial charge in [0.1, 0.15) is 17.5 Å². The van der Waals surface area contributed by atoms with E-state index >= 15 is 0 Å². The van der Waals surface area contributed by atoms with Gasteiger partial charge in [-0.25, -0.2) is 15.0 Å². The number of halogens is 1. The van der Waals surface area contributed by atoms with E-state index in [4.69, 9.17) is 16.6 Å². The molecule has 0 aromatic carbocycles. The molecule has 5 rings (SSSR count). The van der Waals surface area contributed by atoms with E-state index in [1.165, 1.54) is 11.1 Å². The van der Waals surface area contributed by atoms with Crippen molar-refractivity contribution < 1.29 is 9.32 Å². The molecule has 2 N–H and O–H groups in total. The maximum atomic E-state index is 12.8. The number of anilines is 2. The van der Waals surface area contributed by atoms with Crippen molar-refractivity contribution in [1.82, 2.24) is 15.0 Å². The Balaban J connectivity index is 1.41. The third kappa shape index (κ3) is 3.39. The molecule has 2 aromatic heterocycles. The number of hydrogen-bond acceptors (Lipinski definition) is 7. The highest BCUT2D eigenvalue weighted by atomic mass is 35.5. The van der Waals surface area contributed by atoms with E-state index in [9.17, 15) is 9.32 Å². The number of likely N-dealkylation sites (N-methyl/N-ethyl adjacent to an activating group) is 1. The zero-order valence-electron chi connectivity index (χ0n) is 17.0. The highest BCUT2D eigenvalue weighted by molar-refractivity contribution is 7.85. The maximum Gasteiger partial charge on any atom is 0.145 e. The van der Waals surface area contributed by atoms with Crippen LogP contribution in [0.15, 0.2) is 17.3 Å². The Labute approximate surface area is 183 Å². The molecular weight excluding hydrogens is 422 g/mol. The SMILES string of the molecule is CN1c2nc(NC3(CO)CCC3)c3c(c2CC1CCc1ncc(Cl)cn1)CCS3=O. The number of pyridine rings is 1. The summed E-state index contributed by atoms with van der Waals surface area (Å²) in [6, 6.07) is 0.302. The molecule has 1 saturated carbocycles. The number of nitrogens with one attached hydrogen (secondary N) is 1. The van der Waals surface area contributed by atoms with Gasteiger partial charge in [0.15, 0.2) is 0 Å². The summed E-state index contributed by atoms with van der Waals surface area (Å²) in [5.74, 6) is 3.13. The minimum Gasteiger partial charge on any atom is -0.394 e. The van der Waals surface area contributed by atoms with Gasteiger partial charge in [-0.1, -0.05) is 11.6 Å². The lowest BCUT2D eigenvalue weighted by Gasteiger charge is -2.41. The van der Waals surface area contributed by atoms with E-state index in [-0.39, 0.29) is 12.1 Å². The Kier molecular flexibility index (Phi) is 5.19. The fraction of sp³-hybridized carbons (Fsp3) is 0.571. The lowest BCUT2D eigenvalue weighted by atomic mass is 9.77. The first-order chi connectivity index (χ1) is 14.5. The summed E-state index contributed by atoms with van der Waals surface area (Å²) in [4.78, 5) is 16.7. The van der Waals surface area contributed by atoms with Gasteiger partial charge in [0.25, 0.3) is 0 Å². The van der Waals surface area contributed by atoms with E-state index in [1.807, 2.05) is 0 Å². The third-order valence-electron chi connectivity index (χ3n) is 6.80. The van der Waals surface area contributed by atoms with Crippen LogP contribution in [0.25, 0.3) is 0 Å². The summed E-state index contributed by atoms with van der Waals surface area (Å²) in [5, 5.41) is 13.9. The van der Waals surface area contributed by atoms with Gasteiger partial charge in [-0.2, -0.15) is 0 Å². The van der Waals surface area contributed by atoms with Gasteiger partial charge < -0.3 is 15.3 Å². The highest BCUT2D eigenvalue weighted by Crippen LogP contribution is 2.44. The topological polar surface area (TPSA) is 91.2 Å². The molecule has 3 aliphatic rings. The lowest BCUT2D eigenvalue weighted by molar-refractivity contribution is 0.143. The Morgan fingerprint density at radius 2 is 2.10 bits per heavy atom. The number of fused-ring (bicyclic) bond motifs is 3. The van der Waals surface area contributed by atoms with Crippen molar-refractivity contribution in [2.24, 2.45) is 0 Å². The van der Waals surface area contributed by atoms with Crippen molar-refractivity contribution in [1.29, 1.82) is 0 Å². The van der Waals surface area contributed by atoms with Gasteiger partial charge in [-0.05, 0) is 44.1 Å². The van der Waals surface area contributed by atoms with Crippen molar-refractivity contribution in [2.75, 3.05) is 29.6 Å². The molecule has 1 aliphatic carbocycles. The molecule has 2 aromatic rings. The predicted molar refractivity (Wildman–Crippen MR) is 118 cm³/mol. The summed E-state index contributed by atoms with van der Waals surface area (Å²) >= 11 is 5.89. The summed E-state index contributed by atoms with van der Waals surface area (Å²) in [5.41, 5.74) is 2.12. The molecule has 2 unspecified atom stereocenters. The second kappa shape index (κ2) is 7.73. The summed E-state index contributed by atoms with van der Waals surface area (Å²) in [6.07, 6.45) is 9.62. The summed E-state index contributed by atoms with van der Waals surface area (Å²) < 4.78 is 12.8. The molecule has 4 heterocycles. The molecule has 9 heteroatoms. The average Bonchev–Trinajstić information content (AvgIpc) is 3.25. The van der Waals surface area contributed by atoms with Crippen LogP contribution < -0.4 is 10.2 Å². The third-order valence-corrected chi connectivity index (χ3v) is 8.46. The van der Waals surface area contributed by atoms with Crippen LogP contribution in [0.5, 0.6) is 0 Å². The van der Waals surface area contributed by atoms with E-state index in [0.29, 0.717) is 22.6 Å². The summed E-state index contributed by atoms with van der Waals surface area (Å²) in [6.45, 7) is 0.0761. The van der Waals surface area contributed by atoms with Crippen molar-refractivity contribution >= 4 is 34.0 Å². The minimum absolute atomic E-state index is 0.0761. The van der Waals surface area contributed by atoms with Gasteiger partial charge in [0, 0.05) is 43.2 Å². The normalized spacial score (nSPS) is 23.8. The first-order valence-corrected chi connectivity index (χ1v) is 12.2. The van der Waals surface area contributed by atoms with Crippen LogP contribution in [-0.4, -0.2) is 55.3 Å². The predicted octanol–water partition coefficient (Wildman–Crippen LogP) is 2.51. The largest absolute Gasteiger partial charge is 0.394 e. The van der Waals surface area contributed by atoms with Crippen molar-refractivity contribution in [2.45, 2.75) is 61.4 Å². The van der Waals surface area contributed by atoms with Gasteiger partial charge in [0.05, 0.1) is 32.9 Å². The Morgan fingerprint density at radius 1 is 1.33 bits per heavy atom. The number of nitrogens with zero attached hydrogens (tertiary/aromatic N) is 4. The second-order valence-corrected chi connectivity index (χ2v) is 10.6. The second-order valence-electron chi connectivity index (χ2n) is 8.61. The van der Waals surface area contributed by atoms with Gasteiger partial charge in [-0.3, -0.25) is 4.21 Å². The molecule has 0 bridgehead atoms. The van der Waals surface area contributed by atoms with E-state index in [1.54, 1.807) is 12.4 Å². The first-order valence-electron chi connectivity index (χ1n) is 10.5. The van der Waals surface area contributed by atoms with Crippen molar-refractivity contribution in [3.8, 4) is 0 Å². The molecule has 2 atom stereocenters. The van der Waals surface area contributed by atoms with E-state index in [0.717, 1.165) is 61.5 Å². The lowest BCUT2D eigenvalue weighted by Crippen LogP contribution is -2.48. The fourth-order valence-corrected chi connectivity index (χ4v) is 6.32. The number of hydrogen-bond donors (Lipinski definition) is 2. The molecule has 0 radical (unpaired) electrons. The molecule has 160 valence electrons. The zero-order chi connectivity index (χ0) is 20.9. The fourth-order valence-electron chi connectivity index (χ4n) is 4.82. The number of aromatic nitrogens is 3. The van der Waals surface area contributed by atoms with Crippen molar-refractivity contribution in [3.63, 3.8) is 0 Å². The van der Waals surface area contributed by atoms with Gasteiger partial charge in [0.2, 0.25) is 0 Å². The van der Waals surface area contributed by atoms with Crippen LogP contribution in [-0.2, 0) is 30.1 Å². The molecular formula is C21H26ClN5O2S. The number of rotatable bonds is 6. The standard InChI is InChI=1S/C21H26ClN5O2S/c1-27-14(3-4-17-23-10-13(22)11-24-17)9-16-15-5-8-30(29)18(15)19(25-20(16)27)26-21(12-28)6-2-7-21/h10-11,14,28H,2-9,12H2,1H3,(H,25,26). The van der Waals surface area contributed by atoms with Crippen LogP contribution in [0.3, 0.4) is 0 Å². The van der Waals surface area contributed by atoms with Crippen molar-refractivity contribution in [3.05, 3.63) is 34.4 Å². The van der Waals surface area contributed by atoms with Crippen LogP contribution in [0, 0.1) is 0 Å². The number of aliphatic hydroxyl groups is 1. The molecule has 30 heavy (non-hydrogen) atoms. The quantitative estimate of drug-likeness (QED) is 0.702. The monoisotopic (exact) mass is 447 g/mol. The molecule has 0 amide bonds. The molecule has 2 aliphatic heterocycles. The molecule has 1 fully saturated rings. The van der Waals surface area contributed by atoms with Gasteiger partial charge in [-0.15, -0.1) is 0 Å². The minimum atomic E-state index is -1.03. The number of aliphatic hydroxyl groups excluding tert-OH is 1. The van der Waals surface area contributed by atoms with Crippen LogP contribution >= 0.6 is 11.6 Å². The smallest absolute Gasteiger partial charge is 0.145 e. The summed E-state index contributed by atoms with van der Waals surface area (Å²) in [7, 11) is 1.05. The maximum absolute atomic E-state index is 12.8. The Bertz CT molecular complexity index is 990. The van der Waals surface area contributed by atoms with Gasteiger partial charge >= 0.3 is 0 Å². The zero-order valence-corrected chi connectivity index (χ0v) is 18.6. The molecule has 7 nitrogen and oxygen atoms in total. The molecule has 0 spiro atoms.